The summed E-state index contributed by atoms with van der Waals surface area (Å²) in [5.41, 5.74) is 8.45. The van der Waals surface area contributed by atoms with Gasteiger partial charge in [-0.25, -0.2) is 18.9 Å². The molecule has 138 valence electrons. The highest BCUT2D eigenvalue weighted by Crippen LogP contribution is 2.30. The number of anilines is 1. The molecular weight excluding hydrogens is 447 g/mol. The molecule has 0 saturated carbocycles. The maximum atomic E-state index is 14.1. The Morgan fingerprint density at radius 2 is 2.00 bits per heavy atom. The van der Waals surface area contributed by atoms with E-state index in [1.54, 1.807) is 30.3 Å². The first-order valence-corrected chi connectivity index (χ1v) is 9.29. The summed E-state index contributed by atoms with van der Waals surface area (Å²) in [5, 5.41) is 13.8. The van der Waals surface area contributed by atoms with Crippen molar-refractivity contribution in [3.05, 3.63) is 74.9 Å². The van der Waals surface area contributed by atoms with Crippen molar-refractivity contribution in [1.29, 1.82) is 5.26 Å². The number of hydrogen-bond acceptors (Lipinski definition) is 5. The summed E-state index contributed by atoms with van der Waals surface area (Å²) in [6, 6.07) is 13.6. The Kier molecular flexibility index (Phi) is 4.71. The average molecular weight is 458 g/mol. The van der Waals surface area contributed by atoms with Gasteiger partial charge < -0.3 is 5.73 Å². The molecule has 0 aliphatic carbocycles. The molecule has 0 fully saturated rings. The number of nitrogen functional groups attached to an aromatic ring is 1. The van der Waals surface area contributed by atoms with Crippen LogP contribution in [0.15, 0.2) is 47.1 Å². The van der Waals surface area contributed by atoms with Gasteiger partial charge in [0.05, 0.1) is 11.6 Å². The minimum atomic E-state index is -0.425. The van der Waals surface area contributed by atoms with Crippen LogP contribution in [0.3, 0.4) is 0 Å². The second-order valence-electron chi connectivity index (χ2n) is 5.97. The van der Waals surface area contributed by atoms with Crippen LogP contribution in [0.5, 0.6) is 0 Å². The van der Waals surface area contributed by atoms with Crippen molar-refractivity contribution < 1.29 is 4.39 Å². The summed E-state index contributed by atoms with van der Waals surface area (Å²) in [5.74, 6) is 0.0913. The van der Waals surface area contributed by atoms with Crippen LogP contribution in [-0.2, 0) is 6.42 Å². The highest BCUT2D eigenvalue weighted by atomic mass is 79.9. The number of nitrogens with two attached hydrogens (primary N) is 1. The monoisotopic (exact) mass is 456 g/mol. The Labute approximate surface area is 172 Å². The van der Waals surface area contributed by atoms with E-state index in [1.807, 2.05) is 6.07 Å². The van der Waals surface area contributed by atoms with Crippen LogP contribution in [0, 0.1) is 17.1 Å². The van der Waals surface area contributed by atoms with Gasteiger partial charge in [-0.15, -0.1) is 5.10 Å². The zero-order valence-electron chi connectivity index (χ0n) is 14.2. The van der Waals surface area contributed by atoms with Crippen LogP contribution in [0.25, 0.3) is 16.9 Å². The van der Waals surface area contributed by atoms with E-state index >= 15 is 0 Å². The van der Waals surface area contributed by atoms with Crippen molar-refractivity contribution in [3.8, 4) is 17.3 Å². The molecule has 0 aliphatic rings. The molecular formula is C19H11BrClFN6. The van der Waals surface area contributed by atoms with Gasteiger partial charge in [-0.05, 0) is 40.2 Å². The zero-order chi connectivity index (χ0) is 19.8. The smallest absolute Gasteiger partial charge is 0.199 e. The van der Waals surface area contributed by atoms with Crippen LogP contribution in [-0.4, -0.2) is 19.6 Å². The quantitative estimate of drug-likeness (QED) is 0.492. The van der Waals surface area contributed by atoms with E-state index in [2.05, 4.69) is 37.1 Å². The molecule has 6 nitrogen and oxygen atoms in total. The van der Waals surface area contributed by atoms with E-state index in [9.17, 15) is 4.39 Å². The van der Waals surface area contributed by atoms with Crippen molar-refractivity contribution in [2.75, 3.05) is 5.73 Å². The lowest BCUT2D eigenvalue weighted by molar-refractivity contribution is 0.612. The Balaban J connectivity index is 1.83. The van der Waals surface area contributed by atoms with Crippen LogP contribution < -0.4 is 5.73 Å². The third-order valence-corrected chi connectivity index (χ3v) is 5.22. The number of halogens is 3. The van der Waals surface area contributed by atoms with Crippen molar-refractivity contribution in [2.45, 2.75) is 6.42 Å². The maximum absolute atomic E-state index is 14.1. The number of nitriles is 1. The van der Waals surface area contributed by atoms with Gasteiger partial charge in [-0.1, -0.05) is 29.8 Å². The van der Waals surface area contributed by atoms with E-state index in [1.165, 1.54) is 10.6 Å². The lowest BCUT2D eigenvalue weighted by Crippen LogP contribution is -2.02. The molecule has 2 heterocycles. The zero-order valence-corrected chi connectivity index (χ0v) is 16.5. The number of rotatable bonds is 3. The Morgan fingerprint density at radius 3 is 2.75 bits per heavy atom. The van der Waals surface area contributed by atoms with E-state index in [0.717, 1.165) is 0 Å². The predicted octanol–water partition coefficient (Wildman–Crippen LogP) is 4.39. The molecule has 4 aromatic rings. The van der Waals surface area contributed by atoms with Crippen molar-refractivity contribution in [1.82, 2.24) is 19.6 Å². The summed E-state index contributed by atoms with van der Waals surface area (Å²) in [6.45, 7) is 0. The van der Waals surface area contributed by atoms with Crippen LogP contribution in [0.4, 0.5) is 10.2 Å². The largest absolute Gasteiger partial charge is 0.381 e. The summed E-state index contributed by atoms with van der Waals surface area (Å²) in [6.07, 6.45) is 0.109. The lowest BCUT2D eigenvalue weighted by Gasteiger charge is -2.07. The van der Waals surface area contributed by atoms with Gasteiger partial charge in [0, 0.05) is 22.6 Å². The minimum Gasteiger partial charge on any atom is -0.381 e. The molecule has 0 saturated heterocycles. The van der Waals surface area contributed by atoms with E-state index < -0.39 is 5.82 Å². The highest BCUT2D eigenvalue weighted by molar-refractivity contribution is 9.10. The van der Waals surface area contributed by atoms with Crippen LogP contribution in [0.1, 0.15) is 17.0 Å². The van der Waals surface area contributed by atoms with Crippen molar-refractivity contribution in [2.24, 2.45) is 0 Å². The normalized spacial score (nSPS) is 10.9. The molecule has 2 N–H and O–H groups in total. The molecule has 28 heavy (non-hydrogen) atoms. The molecule has 2 aromatic carbocycles. The SMILES string of the molecule is N#Cc1cccc(-c2nc(N)c3nc(Cc4c(F)cccc4Cl)nn3c2Br)c1. The summed E-state index contributed by atoms with van der Waals surface area (Å²) >= 11 is 9.59. The van der Waals surface area contributed by atoms with E-state index in [-0.39, 0.29) is 12.2 Å². The Hall–Kier alpha value is -3.02. The number of hydrogen-bond donors (Lipinski definition) is 1. The third-order valence-electron chi connectivity index (χ3n) is 4.16. The first-order chi connectivity index (χ1) is 13.5. The first-order valence-electron chi connectivity index (χ1n) is 8.12. The second-order valence-corrected chi connectivity index (χ2v) is 7.13. The summed E-state index contributed by atoms with van der Waals surface area (Å²) < 4.78 is 16.1. The average Bonchev–Trinajstić information content (AvgIpc) is 3.13. The molecule has 9 heteroatoms. The maximum Gasteiger partial charge on any atom is 0.199 e. The van der Waals surface area contributed by atoms with Gasteiger partial charge in [-0.3, -0.25) is 0 Å². The fourth-order valence-electron chi connectivity index (χ4n) is 2.83. The Bertz CT molecular complexity index is 1240. The lowest BCUT2D eigenvalue weighted by atomic mass is 10.1. The number of benzene rings is 2. The van der Waals surface area contributed by atoms with Gasteiger partial charge in [0.1, 0.15) is 16.1 Å². The predicted molar refractivity (Wildman–Crippen MR) is 107 cm³/mol. The first kappa shape index (κ1) is 18.3. The molecule has 0 atom stereocenters. The van der Waals surface area contributed by atoms with E-state index in [4.69, 9.17) is 22.6 Å². The topological polar surface area (TPSA) is 92.9 Å². The van der Waals surface area contributed by atoms with Gasteiger partial charge in [-0.2, -0.15) is 5.26 Å². The van der Waals surface area contributed by atoms with Crippen molar-refractivity contribution >= 4 is 39.0 Å². The number of aromatic nitrogens is 4. The Morgan fingerprint density at radius 1 is 1.21 bits per heavy atom. The van der Waals surface area contributed by atoms with Gasteiger partial charge in [0.15, 0.2) is 17.3 Å². The number of nitrogens with zero attached hydrogens (tertiary/aromatic N) is 5. The van der Waals surface area contributed by atoms with Crippen LogP contribution >= 0.6 is 27.5 Å². The molecule has 2 aromatic heterocycles. The minimum absolute atomic E-state index is 0.109. The molecule has 0 bridgehead atoms. The fourth-order valence-corrected chi connectivity index (χ4v) is 3.62. The summed E-state index contributed by atoms with van der Waals surface area (Å²) in [4.78, 5) is 8.78. The highest BCUT2D eigenvalue weighted by Gasteiger charge is 2.18. The molecule has 0 aliphatic heterocycles. The molecule has 0 radical (unpaired) electrons. The van der Waals surface area contributed by atoms with Gasteiger partial charge in [0.25, 0.3) is 0 Å². The molecule has 0 unspecified atom stereocenters. The molecule has 0 spiro atoms. The summed E-state index contributed by atoms with van der Waals surface area (Å²) in [7, 11) is 0. The van der Waals surface area contributed by atoms with Crippen molar-refractivity contribution in [3.63, 3.8) is 0 Å². The van der Waals surface area contributed by atoms with Crippen LogP contribution in [0.2, 0.25) is 5.02 Å². The van der Waals surface area contributed by atoms with E-state index in [0.29, 0.717) is 43.5 Å². The number of fused-ring (bicyclic) bond motifs is 1. The standard InChI is InChI=1S/C19H11BrClFN6/c20-17-16(11-4-1-3-10(7-11)9-23)26-18(24)19-25-15(27-28(17)19)8-12-13(21)5-2-6-14(12)22/h1-7H,8H2,(H2,24,26). The third kappa shape index (κ3) is 3.19. The molecule has 0 amide bonds. The van der Waals surface area contributed by atoms with Gasteiger partial charge >= 0.3 is 0 Å². The fraction of sp³-hybridized carbons (Fsp3) is 0.0526. The molecule has 4 rings (SSSR count). The van der Waals surface area contributed by atoms with Gasteiger partial charge in [0.2, 0.25) is 0 Å². The second kappa shape index (κ2) is 7.19.